The van der Waals surface area contributed by atoms with Crippen molar-refractivity contribution in [3.63, 3.8) is 0 Å². The van der Waals surface area contributed by atoms with E-state index >= 15 is 0 Å². The number of hydrogen-bond acceptors (Lipinski definition) is 0. The molecule has 0 nitrogen and oxygen atoms in total. The molecule has 2 bridgehead atoms. The lowest BCUT2D eigenvalue weighted by Crippen LogP contribution is -2.50. The molecule has 88 valence electrons. The molecule has 3 aliphatic carbocycles. The van der Waals surface area contributed by atoms with Gasteiger partial charge in [0.2, 0.25) is 0 Å². The first-order chi connectivity index (χ1) is 6.81. The van der Waals surface area contributed by atoms with Gasteiger partial charge in [-0.1, -0.05) is 13.8 Å². The topological polar surface area (TPSA) is 0 Å². The molecule has 3 saturated carbocycles. The Morgan fingerprint density at radius 1 is 0.867 bits per heavy atom. The second-order valence-electron chi connectivity index (χ2n) is 5.80. The molecule has 0 aromatic carbocycles. The van der Waals surface area contributed by atoms with E-state index in [0.717, 1.165) is 19.3 Å². The molecule has 0 radical (unpaired) electrons. The van der Waals surface area contributed by atoms with E-state index in [2.05, 4.69) is 13.8 Å². The minimum atomic E-state index is -3.98. The van der Waals surface area contributed by atoms with Crippen LogP contribution in [0.15, 0.2) is 0 Å². The number of fused-ring (bicyclic) bond motifs is 3. The lowest BCUT2D eigenvalue weighted by atomic mass is 9.50. The molecule has 3 heteroatoms. The first kappa shape index (κ1) is 11.3. The van der Waals surface area contributed by atoms with E-state index in [1.54, 1.807) is 0 Å². The van der Waals surface area contributed by atoms with E-state index in [-0.39, 0.29) is 5.41 Å². The first-order valence-electron chi connectivity index (χ1n) is 5.88. The van der Waals surface area contributed by atoms with Gasteiger partial charge in [0, 0.05) is 0 Å². The SMILES string of the molecule is CC(C)C12CCC(C(F)(F)F)(CC1)CC2. The van der Waals surface area contributed by atoms with E-state index in [1.165, 1.54) is 0 Å². The molecule has 0 heterocycles. The van der Waals surface area contributed by atoms with E-state index < -0.39 is 11.6 Å². The lowest BCUT2D eigenvalue weighted by molar-refractivity contribution is -0.263. The molecule has 0 spiro atoms. The van der Waals surface area contributed by atoms with Gasteiger partial charge in [0.1, 0.15) is 0 Å². The standard InChI is InChI=1S/C12H19F3/c1-9(2)10-3-6-11(7-4-10,8-5-10)12(13,14)15/h9H,3-8H2,1-2H3. The number of hydrogen-bond donors (Lipinski definition) is 0. The second-order valence-corrected chi connectivity index (χ2v) is 5.80. The maximum absolute atomic E-state index is 12.9. The van der Waals surface area contributed by atoms with Gasteiger partial charge in [-0.3, -0.25) is 0 Å². The fraction of sp³-hybridized carbons (Fsp3) is 1.00. The highest BCUT2D eigenvalue weighted by molar-refractivity contribution is 5.03. The van der Waals surface area contributed by atoms with Crippen LogP contribution in [-0.2, 0) is 0 Å². The average Bonchev–Trinajstić information content (AvgIpc) is 2.19. The molecule has 3 rings (SSSR count). The third-order valence-electron chi connectivity index (χ3n) is 5.13. The molecular weight excluding hydrogens is 201 g/mol. The molecule has 0 unspecified atom stereocenters. The normalized spacial score (nSPS) is 41.2. The average molecular weight is 220 g/mol. The third kappa shape index (κ3) is 1.50. The Morgan fingerprint density at radius 2 is 1.27 bits per heavy atom. The van der Waals surface area contributed by atoms with Crippen LogP contribution in [0.3, 0.4) is 0 Å². The Bertz CT molecular complexity index is 228. The van der Waals surface area contributed by atoms with E-state index in [9.17, 15) is 13.2 Å². The highest BCUT2D eigenvalue weighted by atomic mass is 19.4. The fourth-order valence-corrected chi connectivity index (χ4v) is 3.51. The van der Waals surface area contributed by atoms with Crippen LogP contribution in [0.1, 0.15) is 52.4 Å². The summed E-state index contributed by atoms with van der Waals surface area (Å²) < 4.78 is 38.8. The van der Waals surface area contributed by atoms with Crippen molar-refractivity contribution >= 4 is 0 Å². The second kappa shape index (κ2) is 3.14. The first-order valence-corrected chi connectivity index (χ1v) is 5.88. The molecule has 0 atom stereocenters. The van der Waals surface area contributed by atoms with Gasteiger partial charge >= 0.3 is 6.18 Å². The lowest BCUT2D eigenvalue weighted by Gasteiger charge is -2.55. The molecule has 3 fully saturated rings. The van der Waals surface area contributed by atoms with Gasteiger partial charge in [0.05, 0.1) is 5.41 Å². The molecule has 0 aliphatic heterocycles. The minimum absolute atomic E-state index is 0.229. The summed E-state index contributed by atoms with van der Waals surface area (Å²) in [5, 5.41) is 0. The van der Waals surface area contributed by atoms with Crippen LogP contribution in [0, 0.1) is 16.7 Å². The third-order valence-corrected chi connectivity index (χ3v) is 5.13. The molecule has 3 aliphatic rings. The maximum Gasteiger partial charge on any atom is 0.394 e. The Balaban J connectivity index is 2.18. The van der Waals surface area contributed by atoms with Gasteiger partial charge < -0.3 is 0 Å². The highest BCUT2D eigenvalue weighted by Gasteiger charge is 2.61. The molecular formula is C12H19F3. The summed E-state index contributed by atoms with van der Waals surface area (Å²) in [6.07, 6.45) is -0.521. The van der Waals surface area contributed by atoms with Gasteiger partial charge in [-0.25, -0.2) is 0 Å². The van der Waals surface area contributed by atoms with Crippen molar-refractivity contribution in [1.82, 2.24) is 0 Å². The Kier molecular flexibility index (Phi) is 2.36. The van der Waals surface area contributed by atoms with Gasteiger partial charge in [0.25, 0.3) is 0 Å². The van der Waals surface area contributed by atoms with Crippen LogP contribution in [0.25, 0.3) is 0 Å². The molecule has 0 aromatic rings. The summed E-state index contributed by atoms with van der Waals surface area (Å²) in [5.41, 5.74) is -1.09. The van der Waals surface area contributed by atoms with Gasteiger partial charge in [-0.2, -0.15) is 13.2 Å². The summed E-state index contributed by atoms with van der Waals surface area (Å²) in [5.74, 6) is 0.532. The summed E-state index contributed by atoms with van der Waals surface area (Å²) in [7, 11) is 0. The van der Waals surface area contributed by atoms with Crippen molar-refractivity contribution in [3.05, 3.63) is 0 Å². The maximum atomic E-state index is 12.9. The zero-order valence-corrected chi connectivity index (χ0v) is 9.45. The van der Waals surface area contributed by atoms with E-state index in [4.69, 9.17) is 0 Å². The highest BCUT2D eigenvalue weighted by Crippen LogP contribution is 2.64. The van der Waals surface area contributed by atoms with Gasteiger partial charge in [-0.15, -0.1) is 0 Å². The van der Waals surface area contributed by atoms with E-state index in [0.29, 0.717) is 25.2 Å². The summed E-state index contributed by atoms with van der Waals surface area (Å²) in [6.45, 7) is 4.32. The van der Waals surface area contributed by atoms with Crippen LogP contribution >= 0.6 is 0 Å². The van der Waals surface area contributed by atoms with Gasteiger partial charge in [0.15, 0.2) is 0 Å². The van der Waals surface area contributed by atoms with Crippen molar-refractivity contribution in [3.8, 4) is 0 Å². The summed E-state index contributed by atoms with van der Waals surface area (Å²) in [4.78, 5) is 0. The van der Waals surface area contributed by atoms with Crippen LogP contribution in [0.5, 0.6) is 0 Å². The Hall–Kier alpha value is -0.210. The minimum Gasteiger partial charge on any atom is -0.171 e. The monoisotopic (exact) mass is 220 g/mol. The molecule has 15 heavy (non-hydrogen) atoms. The van der Waals surface area contributed by atoms with Gasteiger partial charge in [-0.05, 0) is 49.9 Å². The quantitative estimate of drug-likeness (QED) is 0.608. The van der Waals surface area contributed by atoms with Crippen LogP contribution < -0.4 is 0 Å². The molecule has 0 aromatic heterocycles. The van der Waals surface area contributed by atoms with E-state index in [1.807, 2.05) is 0 Å². The molecule has 0 amide bonds. The zero-order chi connectivity index (χ0) is 11.3. The van der Waals surface area contributed by atoms with Crippen molar-refractivity contribution in [1.29, 1.82) is 0 Å². The number of halogens is 3. The predicted molar refractivity (Wildman–Crippen MR) is 53.5 cm³/mol. The van der Waals surface area contributed by atoms with Crippen molar-refractivity contribution in [2.45, 2.75) is 58.5 Å². The summed E-state index contributed by atoms with van der Waals surface area (Å²) >= 11 is 0. The fourth-order valence-electron chi connectivity index (χ4n) is 3.51. The van der Waals surface area contributed by atoms with Crippen LogP contribution in [0.4, 0.5) is 13.2 Å². The summed E-state index contributed by atoms with van der Waals surface area (Å²) in [6, 6.07) is 0. The Morgan fingerprint density at radius 3 is 1.53 bits per heavy atom. The molecule has 0 saturated heterocycles. The number of rotatable bonds is 1. The van der Waals surface area contributed by atoms with Crippen molar-refractivity contribution < 1.29 is 13.2 Å². The van der Waals surface area contributed by atoms with Crippen LogP contribution in [0.2, 0.25) is 0 Å². The van der Waals surface area contributed by atoms with Crippen molar-refractivity contribution in [2.24, 2.45) is 16.7 Å². The predicted octanol–water partition coefficient (Wildman–Crippen LogP) is 4.55. The van der Waals surface area contributed by atoms with Crippen LogP contribution in [-0.4, -0.2) is 6.18 Å². The molecule has 0 N–H and O–H groups in total. The smallest absolute Gasteiger partial charge is 0.171 e. The zero-order valence-electron chi connectivity index (χ0n) is 9.45. The largest absolute Gasteiger partial charge is 0.394 e. The Labute approximate surface area is 89.2 Å². The number of alkyl halides is 3. The van der Waals surface area contributed by atoms with Crippen molar-refractivity contribution in [2.75, 3.05) is 0 Å².